The summed E-state index contributed by atoms with van der Waals surface area (Å²) in [6, 6.07) is 1.12. The molecule has 0 unspecified atom stereocenters. The van der Waals surface area contributed by atoms with Gasteiger partial charge in [-0.05, 0) is 48.7 Å². The fourth-order valence-corrected chi connectivity index (χ4v) is 2.51. The number of imide groups is 1. The molecule has 11 nitrogen and oxygen atoms in total. The molecular weight excluding hydrogens is 406 g/mol. The van der Waals surface area contributed by atoms with Crippen molar-refractivity contribution in [3.63, 3.8) is 0 Å². The Morgan fingerprint density at radius 1 is 1.19 bits per heavy atom. The lowest BCUT2D eigenvalue weighted by Gasteiger charge is -2.27. The number of hydrogen-bond donors (Lipinski definition) is 0. The molecule has 1 heterocycles. The number of aromatic nitrogens is 1. The Kier molecular flexibility index (Phi) is 8.74. The molecule has 0 aliphatic carbocycles. The molecule has 11 heteroatoms. The van der Waals surface area contributed by atoms with E-state index in [-0.39, 0.29) is 29.2 Å². The summed E-state index contributed by atoms with van der Waals surface area (Å²) < 4.78 is 11.1. The predicted octanol–water partition coefficient (Wildman–Crippen LogP) is 3.06. The molecule has 0 aliphatic heterocycles. The number of pyridine rings is 1. The predicted molar refractivity (Wildman–Crippen MR) is 118 cm³/mol. The van der Waals surface area contributed by atoms with Crippen LogP contribution in [-0.4, -0.2) is 72.7 Å². The molecule has 0 bridgehead atoms. The highest BCUT2D eigenvalue weighted by Crippen LogP contribution is 2.38. The van der Waals surface area contributed by atoms with Crippen LogP contribution in [0.5, 0.6) is 5.88 Å². The van der Waals surface area contributed by atoms with E-state index in [0.717, 1.165) is 13.0 Å². The topological polar surface area (TPSA) is 118 Å². The number of carbonyl (C=O) groups excluding carboxylic acids is 2. The Morgan fingerprint density at radius 3 is 2.19 bits per heavy atom. The van der Waals surface area contributed by atoms with Crippen molar-refractivity contribution >= 4 is 29.2 Å². The van der Waals surface area contributed by atoms with E-state index in [1.54, 1.807) is 46.6 Å². The average molecular weight is 440 g/mol. The molecule has 0 aliphatic rings. The van der Waals surface area contributed by atoms with Crippen molar-refractivity contribution in [2.75, 3.05) is 44.0 Å². The van der Waals surface area contributed by atoms with Gasteiger partial charge in [0, 0.05) is 33.1 Å². The molecule has 0 fully saturated rings. The lowest BCUT2D eigenvalue weighted by molar-refractivity contribution is -0.384. The third-order valence-corrected chi connectivity index (χ3v) is 3.85. The Hall–Kier alpha value is -2.95. The normalized spacial score (nSPS) is 11.5. The van der Waals surface area contributed by atoms with Crippen LogP contribution in [-0.2, 0) is 9.53 Å². The van der Waals surface area contributed by atoms with Gasteiger partial charge in [0.2, 0.25) is 17.6 Å². The van der Waals surface area contributed by atoms with E-state index in [2.05, 4.69) is 4.98 Å². The molecule has 2 amide bonds. The van der Waals surface area contributed by atoms with Crippen LogP contribution in [0, 0.1) is 10.1 Å². The minimum Gasteiger partial charge on any atom is -0.473 e. The van der Waals surface area contributed by atoms with Crippen LogP contribution >= 0.6 is 0 Å². The third-order valence-electron chi connectivity index (χ3n) is 3.85. The molecule has 0 atom stereocenters. The summed E-state index contributed by atoms with van der Waals surface area (Å²) in [5.41, 5.74) is -1.38. The Bertz CT molecular complexity index is 819. The summed E-state index contributed by atoms with van der Waals surface area (Å²) in [7, 11) is 5.45. The van der Waals surface area contributed by atoms with Crippen molar-refractivity contribution in [3.8, 4) is 5.88 Å². The van der Waals surface area contributed by atoms with Crippen LogP contribution in [0.15, 0.2) is 6.07 Å². The van der Waals surface area contributed by atoms with Gasteiger partial charge < -0.3 is 19.3 Å². The first-order valence-corrected chi connectivity index (χ1v) is 9.89. The number of rotatable bonds is 8. The molecular formula is C20H33N5O6. The molecule has 0 radical (unpaired) electrons. The van der Waals surface area contributed by atoms with Gasteiger partial charge in [-0.2, -0.15) is 4.98 Å². The van der Waals surface area contributed by atoms with Crippen molar-refractivity contribution in [2.24, 2.45) is 0 Å². The van der Waals surface area contributed by atoms with E-state index in [1.807, 2.05) is 19.0 Å². The Morgan fingerprint density at radius 2 is 1.77 bits per heavy atom. The minimum atomic E-state index is -0.974. The number of carbonyl (C=O) groups is 2. The minimum absolute atomic E-state index is 0.0685. The van der Waals surface area contributed by atoms with E-state index in [0.29, 0.717) is 18.0 Å². The maximum atomic E-state index is 12.7. The quantitative estimate of drug-likeness (QED) is 0.445. The molecule has 0 aromatic carbocycles. The fourth-order valence-electron chi connectivity index (χ4n) is 2.51. The smallest absolute Gasteiger partial charge is 0.421 e. The number of anilines is 2. The van der Waals surface area contributed by atoms with Crippen LogP contribution in [0.3, 0.4) is 0 Å². The standard InChI is InChI=1S/C20H33N5O6/c1-13(2)30-18-16(24(14(3)26)19(27)31-20(4,5)6)12-15(25(28)29)17(21-18)23(9)11-10-22(7)8/h12-13H,10-11H2,1-9H3. The van der Waals surface area contributed by atoms with Gasteiger partial charge in [0.1, 0.15) is 11.3 Å². The average Bonchev–Trinajstić information content (AvgIpc) is 2.57. The number of hydrogen-bond acceptors (Lipinski definition) is 9. The first-order chi connectivity index (χ1) is 14.1. The largest absolute Gasteiger partial charge is 0.473 e. The van der Waals surface area contributed by atoms with Crippen molar-refractivity contribution in [1.82, 2.24) is 9.88 Å². The van der Waals surface area contributed by atoms with Crippen molar-refractivity contribution < 1.29 is 24.0 Å². The Balaban J connectivity index is 3.66. The van der Waals surface area contributed by atoms with Crippen molar-refractivity contribution in [3.05, 3.63) is 16.2 Å². The molecule has 1 aromatic heterocycles. The second-order valence-corrected chi connectivity index (χ2v) is 8.64. The van der Waals surface area contributed by atoms with Gasteiger partial charge in [0.25, 0.3) is 0 Å². The molecule has 1 aromatic rings. The second-order valence-electron chi connectivity index (χ2n) is 8.64. The summed E-state index contributed by atoms with van der Waals surface area (Å²) in [5, 5.41) is 11.8. The number of likely N-dealkylation sites (N-methyl/N-ethyl adjacent to an activating group) is 2. The van der Waals surface area contributed by atoms with Gasteiger partial charge >= 0.3 is 11.8 Å². The molecule has 0 spiro atoms. The molecule has 0 saturated carbocycles. The van der Waals surface area contributed by atoms with Crippen LogP contribution in [0.2, 0.25) is 0 Å². The van der Waals surface area contributed by atoms with Gasteiger partial charge in [-0.15, -0.1) is 0 Å². The third kappa shape index (κ3) is 7.67. The van der Waals surface area contributed by atoms with Gasteiger partial charge in [-0.1, -0.05) is 0 Å². The van der Waals surface area contributed by atoms with Crippen molar-refractivity contribution in [2.45, 2.75) is 53.2 Å². The molecule has 174 valence electrons. The lowest BCUT2D eigenvalue weighted by atomic mass is 10.2. The van der Waals surface area contributed by atoms with E-state index < -0.39 is 22.5 Å². The van der Waals surface area contributed by atoms with Gasteiger partial charge in [0.05, 0.1) is 11.0 Å². The maximum absolute atomic E-state index is 12.7. The first kappa shape index (κ1) is 26.1. The van der Waals surface area contributed by atoms with Crippen LogP contribution in [0.25, 0.3) is 0 Å². The summed E-state index contributed by atoms with van der Waals surface area (Å²) in [6.07, 6.45) is -1.33. The monoisotopic (exact) mass is 439 g/mol. The zero-order valence-electron chi connectivity index (χ0n) is 19.8. The van der Waals surface area contributed by atoms with E-state index in [9.17, 15) is 19.7 Å². The maximum Gasteiger partial charge on any atom is 0.421 e. The molecule has 0 saturated heterocycles. The van der Waals surface area contributed by atoms with Gasteiger partial charge in [-0.3, -0.25) is 14.9 Å². The van der Waals surface area contributed by atoms with E-state index in [1.165, 1.54) is 0 Å². The van der Waals surface area contributed by atoms with E-state index >= 15 is 0 Å². The summed E-state index contributed by atoms with van der Waals surface area (Å²) in [4.78, 5) is 44.9. The highest BCUT2D eigenvalue weighted by molar-refractivity contribution is 6.12. The van der Waals surface area contributed by atoms with Gasteiger partial charge in [-0.25, -0.2) is 9.69 Å². The molecule has 31 heavy (non-hydrogen) atoms. The lowest BCUT2D eigenvalue weighted by Crippen LogP contribution is -2.40. The zero-order chi connectivity index (χ0) is 24.1. The van der Waals surface area contributed by atoms with Crippen LogP contribution in [0.1, 0.15) is 41.5 Å². The number of nitrogens with zero attached hydrogens (tertiary/aromatic N) is 5. The fraction of sp³-hybridized carbons (Fsp3) is 0.650. The number of nitro groups is 1. The summed E-state index contributed by atoms with van der Waals surface area (Å²) in [6.45, 7) is 10.7. The second kappa shape index (κ2) is 10.4. The molecule has 1 rings (SSSR count). The summed E-state index contributed by atoms with van der Waals surface area (Å²) >= 11 is 0. The van der Waals surface area contributed by atoms with Crippen LogP contribution in [0.4, 0.5) is 22.0 Å². The highest BCUT2D eigenvalue weighted by atomic mass is 16.6. The number of ether oxygens (including phenoxy) is 2. The first-order valence-electron chi connectivity index (χ1n) is 9.89. The number of amides is 2. The van der Waals surface area contributed by atoms with Crippen molar-refractivity contribution in [1.29, 1.82) is 0 Å². The SMILES string of the molecule is CC(=O)N(C(=O)OC(C)(C)C)c1cc([N+](=O)[O-])c(N(C)CCN(C)C)nc1OC(C)C. The highest BCUT2D eigenvalue weighted by Gasteiger charge is 2.33. The molecule has 0 N–H and O–H groups in total. The van der Waals surface area contributed by atoms with Gasteiger partial charge in [0.15, 0.2) is 0 Å². The summed E-state index contributed by atoms with van der Waals surface area (Å²) in [5.74, 6) is -0.694. The van der Waals surface area contributed by atoms with E-state index in [4.69, 9.17) is 9.47 Å². The Labute approximate surface area is 183 Å². The van der Waals surface area contributed by atoms with Crippen LogP contribution < -0.4 is 14.5 Å². The zero-order valence-corrected chi connectivity index (χ0v) is 19.8.